The number of hydrogen-bond acceptors (Lipinski definition) is 4. The zero-order chi connectivity index (χ0) is 15.2. The summed E-state index contributed by atoms with van der Waals surface area (Å²) in [4.78, 5) is 1.13. The number of ether oxygens (including phenoxy) is 1. The highest BCUT2D eigenvalue weighted by atomic mass is 79.9. The fourth-order valence-corrected chi connectivity index (χ4v) is 2.91. The zero-order valence-electron chi connectivity index (χ0n) is 11.6. The molecule has 0 amide bonds. The molecule has 0 bridgehead atoms. The second-order valence-corrected chi connectivity index (χ2v) is 6.60. The molecule has 0 radical (unpaired) electrons. The number of aryl methyl sites for hydroxylation is 1. The van der Waals surface area contributed by atoms with Crippen molar-refractivity contribution in [3.63, 3.8) is 0 Å². The molecule has 2 rings (SSSR count). The van der Waals surface area contributed by atoms with Crippen LogP contribution in [0.5, 0.6) is 0 Å². The van der Waals surface area contributed by atoms with Crippen molar-refractivity contribution in [3.05, 3.63) is 50.4 Å². The van der Waals surface area contributed by atoms with Crippen LogP contribution in [0.4, 0.5) is 10.1 Å². The summed E-state index contributed by atoms with van der Waals surface area (Å²) in [7, 11) is 0. The first-order chi connectivity index (χ1) is 10.1. The highest BCUT2D eigenvalue weighted by Crippen LogP contribution is 2.23. The van der Waals surface area contributed by atoms with Gasteiger partial charge in [-0.05, 0) is 52.0 Å². The molecule has 2 N–H and O–H groups in total. The lowest BCUT2D eigenvalue weighted by Crippen LogP contribution is -2.25. The summed E-state index contributed by atoms with van der Waals surface area (Å²) in [6, 6.07) is 7.07. The van der Waals surface area contributed by atoms with Gasteiger partial charge in [0.1, 0.15) is 5.82 Å². The van der Waals surface area contributed by atoms with Crippen LogP contribution in [0.3, 0.4) is 0 Å². The van der Waals surface area contributed by atoms with Crippen molar-refractivity contribution < 1.29 is 14.2 Å². The molecule has 114 valence electrons. The van der Waals surface area contributed by atoms with Crippen molar-refractivity contribution in [1.82, 2.24) is 0 Å². The van der Waals surface area contributed by atoms with Gasteiger partial charge in [0.05, 0.1) is 23.8 Å². The highest BCUT2D eigenvalue weighted by Gasteiger charge is 2.08. The van der Waals surface area contributed by atoms with Gasteiger partial charge in [-0.1, -0.05) is 6.07 Å². The van der Waals surface area contributed by atoms with Gasteiger partial charge < -0.3 is 15.2 Å². The summed E-state index contributed by atoms with van der Waals surface area (Å²) >= 11 is 4.76. The van der Waals surface area contributed by atoms with Crippen LogP contribution in [0.2, 0.25) is 0 Å². The van der Waals surface area contributed by atoms with Gasteiger partial charge >= 0.3 is 0 Å². The van der Waals surface area contributed by atoms with Crippen molar-refractivity contribution in [2.45, 2.75) is 19.6 Å². The van der Waals surface area contributed by atoms with Crippen LogP contribution >= 0.6 is 27.3 Å². The van der Waals surface area contributed by atoms with E-state index >= 15 is 0 Å². The maximum Gasteiger partial charge on any atom is 0.139 e. The van der Waals surface area contributed by atoms with E-state index < -0.39 is 6.10 Å². The van der Waals surface area contributed by atoms with Crippen molar-refractivity contribution >= 4 is 33.0 Å². The molecule has 6 heteroatoms. The Morgan fingerprint density at radius 2 is 2.29 bits per heavy atom. The molecular formula is C15H17BrFNO2S. The Morgan fingerprint density at radius 1 is 1.48 bits per heavy atom. The molecule has 0 spiro atoms. The Hall–Kier alpha value is -0.950. The third-order valence-corrected chi connectivity index (χ3v) is 4.39. The van der Waals surface area contributed by atoms with Gasteiger partial charge in [0.15, 0.2) is 0 Å². The van der Waals surface area contributed by atoms with E-state index in [-0.39, 0.29) is 12.4 Å². The van der Waals surface area contributed by atoms with Gasteiger partial charge in [0, 0.05) is 17.1 Å². The minimum atomic E-state index is -0.643. The fraction of sp³-hybridized carbons (Fsp3) is 0.333. The van der Waals surface area contributed by atoms with E-state index in [9.17, 15) is 9.50 Å². The SMILES string of the molecule is Cc1cc(Br)c(F)cc1NCC(O)COCc1cccs1. The van der Waals surface area contributed by atoms with Gasteiger partial charge in [-0.25, -0.2) is 4.39 Å². The molecular weight excluding hydrogens is 357 g/mol. The maximum absolute atomic E-state index is 13.5. The Labute approximate surface area is 135 Å². The molecule has 0 aliphatic rings. The van der Waals surface area contributed by atoms with E-state index in [1.807, 2.05) is 24.4 Å². The van der Waals surface area contributed by atoms with Gasteiger partial charge in [-0.3, -0.25) is 0 Å². The fourth-order valence-electron chi connectivity index (χ4n) is 1.81. The molecule has 0 fully saturated rings. The average Bonchev–Trinajstić information content (AvgIpc) is 2.94. The molecule has 0 aliphatic carbocycles. The quantitative estimate of drug-likeness (QED) is 0.771. The maximum atomic E-state index is 13.5. The van der Waals surface area contributed by atoms with E-state index in [0.29, 0.717) is 23.3 Å². The van der Waals surface area contributed by atoms with Crippen molar-refractivity contribution in [2.24, 2.45) is 0 Å². The Morgan fingerprint density at radius 3 is 3.00 bits per heavy atom. The normalized spacial score (nSPS) is 12.4. The van der Waals surface area contributed by atoms with Gasteiger partial charge in [-0.15, -0.1) is 11.3 Å². The minimum Gasteiger partial charge on any atom is -0.389 e. The first kappa shape index (κ1) is 16.4. The van der Waals surface area contributed by atoms with E-state index in [0.717, 1.165) is 10.4 Å². The van der Waals surface area contributed by atoms with Crippen LogP contribution in [0.25, 0.3) is 0 Å². The first-order valence-corrected chi connectivity index (χ1v) is 8.21. The molecule has 1 aromatic carbocycles. The number of rotatable bonds is 7. The van der Waals surface area contributed by atoms with Gasteiger partial charge in [0.25, 0.3) is 0 Å². The Balaban J connectivity index is 1.76. The molecule has 0 saturated carbocycles. The lowest BCUT2D eigenvalue weighted by Gasteiger charge is -2.15. The summed E-state index contributed by atoms with van der Waals surface area (Å²) in [5, 5.41) is 14.9. The van der Waals surface area contributed by atoms with Crippen LogP contribution in [-0.2, 0) is 11.3 Å². The second kappa shape index (κ2) is 7.89. The summed E-state index contributed by atoms with van der Waals surface area (Å²) in [5.41, 5.74) is 1.59. The molecule has 21 heavy (non-hydrogen) atoms. The number of aliphatic hydroxyl groups excluding tert-OH is 1. The van der Waals surface area contributed by atoms with E-state index in [4.69, 9.17) is 4.74 Å². The monoisotopic (exact) mass is 373 g/mol. The van der Waals surface area contributed by atoms with E-state index in [1.165, 1.54) is 6.07 Å². The number of aliphatic hydroxyl groups is 1. The van der Waals surface area contributed by atoms with Crippen molar-refractivity contribution in [3.8, 4) is 0 Å². The largest absolute Gasteiger partial charge is 0.389 e. The average molecular weight is 374 g/mol. The molecule has 0 saturated heterocycles. The van der Waals surface area contributed by atoms with Crippen LogP contribution in [0.1, 0.15) is 10.4 Å². The lowest BCUT2D eigenvalue weighted by molar-refractivity contribution is 0.0359. The van der Waals surface area contributed by atoms with Crippen LogP contribution in [-0.4, -0.2) is 24.4 Å². The summed E-state index contributed by atoms with van der Waals surface area (Å²) in [6.45, 7) is 2.93. The lowest BCUT2D eigenvalue weighted by atomic mass is 10.2. The number of thiophene rings is 1. The number of nitrogens with one attached hydrogen (secondary N) is 1. The Bertz CT molecular complexity index is 577. The topological polar surface area (TPSA) is 41.5 Å². The molecule has 1 atom stereocenters. The standard InChI is InChI=1S/C15H17BrFNO2S/c1-10-5-13(16)14(17)6-15(10)18-7-11(19)8-20-9-12-3-2-4-21-12/h2-6,11,18-19H,7-9H2,1H3. The predicted molar refractivity (Wildman–Crippen MR) is 87.3 cm³/mol. The molecule has 1 heterocycles. The summed E-state index contributed by atoms with van der Waals surface area (Å²) < 4.78 is 19.3. The predicted octanol–water partition coefficient (Wildman–Crippen LogP) is 3.95. The number of benzene rings is 1. The molecule has 1 unspecified atom stereocenters. The Kier molecular flexibility index (Phi) is 6.17. The van der Waals surface area contributed by atoms with Gasteiger partial charge in [-0.2, -0.15) is 0 Å². The molecule has 3 nitrogen and oxygen atoms in total. The van der Waals surface area contributed by atoms with E-state index in [2.05, 4.69) is 21.2 Å². The van der Waals surface area contributed by atoms with E-state index in [1.54, 1.807) is 17.4 Å². The number of halogens is 2. The van der Waals surface area contributed by atoms with Crippen LogP contribution in [0.15, 0.2) is 34.1 Å². The number of hydrogen-bond donors (Lipinski definition) is 2. The number of anilines is 1. The van der Waals surface area contributed by atoms with Crippen molar-refractivity contribution in [2.75, 3.05) is 18.5 Å². The van der Waals surface area contributed by atoms with Crippen LogP contribution < -0.4 is 5.32 Å². The highest BCUT2D eigenvalue weighted by molar-refractivity contribution is 9.10. The smallest absolute Gasteiger partial charge is 0.139 e. The minimum absolute atomic E-state index is 0.239. The third-order valence-electron chi connectivity index (χ3n) is 2.93. The summed E-state index contributed by atoms with van der Waals surface area (Å²) in [6.07, 6.45) is -0.643. The first-order valence-electron chi connectivity index (χ1n) is 6.54. The second-order valence-electron chi connectivity index (χ2n) is 4.71. The molecule has 1 aromatic heterocycles. The van der Waals surface area contributed by atoms with Gasteiger partial charge in [0.2, 0.25) is 0 Å². The third kappa shape index (κ3) is 5.07. The summed E-state index contributed by atoms with van der Waals surface area (Å²) in [5.74, 6) is -0.327. The molecule has 0 aliphatic heterocycles. The zero-order valence-corrected chi connectivity index (χ0v) is 14.0. The van der Waals surface area contributed by atoms with Crippen LogP contribution in [0, 0.1) is 12.7 Å². The van der Waals surface area contributed by atoms with Crippen molar-refractivity contribution in [1.29, 1.82) is 0 Å². The molecule has 2 aromatic rings.